The quantitative estimate of drug-likeness (QED) is 0.643. The summed E-state index contributed by atoms with van der Waals surface area (Å²) < 4.78 is 5.65. The molecule has 1 atom stereocenters. The number of alkyl carbamates (subject to hydrolysis) is 1. The molecule has 2 fully saturated rings. The molecule has 5 rings (SSSR count). The summed E-state index contributed by atoms with van der Waals surface area (Å²) in [5, 5.41) is 11.8. The number of carboxylic acid groups (broad SMARTS) is 1. The van der Waals surface area contributed by atoms with Crippen LogP contribution >= 0.6 is 0 Å². The number of carbonyl (C=O) groups is 3. The molecule has 2 aliphatic carbocycles. The molecule has 1 aliphatic heterocycles. The molecule has 0 spiro atoms. The Morgan fingerprint density at radius 2 is 1.61 bits per heavy atom. The molecule has 1 heterocycles. The van der Waals surface area contributed by atoms with Gasteiger partial charge in [0, 0.05) is 37.4 Å². The molecule has 172 valence electrons. The van der Waals surface area contributed by atoms with Gasteiger partial charge in [-0.2, -0.15) is 0 Å². The maximum Gasteiger partial charge on any atom is 0.407 e. The topological polar surface area (TPSA) is 95.9 Å². The van der Waals surface area contributed by atoms with Crippen LogP contribution in [-0.4, -0.2) is 53.7 Å². The molecule has 1 saturated heterocycles. The number of nitrogens with one attached hydrogen (secondary N) is 1. The SMILES string of the molecule is O=C(O)CC1CN(C(=O)CC(NC(=O)OCC2c3ccccc3-c3ccccc32)C2CC2)C1. The minimum atomic E-state index is -0.833. The van der Waals surface area contributed by atoms with Crippen molar-refractivity contribution in [2.24, 2.45) is 11.8 Å². The number of nitrogens with zero attached hydrogens (tertiary/aromatic N) is 1. The lowest BCUT2D eigenvalue weighted by Gasteiger charge is -2.39. The fourth-order valence-electron chi connectivity index (χ4n) is 5.09. The first-order chi connectivity index (χ1) is 16.0. The van der Waals surface area contributed by atoms with E-state index in [9.17, 15) is 14.4 Å². The van der Waals surface area contributed by atoms with E-state index >= 15 is 0 Å². The highest BCUT2D eigenvalue weighted by atomic mass is 16.5. The summed E-state index contributed by atoms with van der Waals surface area (Å²) in [5.41, 5.74) is 4.68. The summed E-state index contributed by atoms with van der Waals surface area (Å²) in [7, 11) is 0. The van der Waals surface area contributed by atoms with Crippen molar-refractivity contribution in [2.75, 3.05) is 19.7 Å². The van der Waals surface area contributed by atoms with Crippen LogP contribution < -0.4 is 5.32 Å². The normalized spacial score (nSPS) is 18.1. The van der Waals surface area contributed by atoms with E-state index in [1.807, 2.05) is 24.3 Å². The van der Waals surface area contributed by atoms with Crippen LogP contribution in [0, 0.1) is 11.8 Å². The van der Waals surface area contributed by atoms with Crippen molar-refractivity contribution >= 4 is 18.0 Å². The molecule has 3 aliphatic rings. The van der Waals surface area contributed by atoms with Crippen LogP contribution in [0.1, 0.15) is 42.7 Å². The van der Waals surface area contributed by atoms with E-state index in [1.165, 1.54) is 11.1 Å². The van der Waals surface area contributed by atoms with Crippen LogP contribution in [0.5, 0.6) is 0 Å². The summed E-state index contributed by atoms with van der Waals surface area (Å²) in [6, 6.07) is 16.2. The fourth-order valence-corrected chi connectivity index (χ4v) is 5.09. The number of ether oxygens (including phenoxy) is 1. The lowest BCUT2D eigenvalue weighted by molar-refractivity contribution is -0.145. The van der Waals surface area contributed by atoms with Gasteiger partial charge < -0.3 is 20.1 Å². The molecule has 2 amide bonds. The Bertz CT molecular complexity index is 1030. The number of amides is 2. The maximum atomic E-state index is 12.7. The fraction of sp³-hybridized carbons (Fsp3) is 0.423. The van der Waals surface area contributed by atoms with E-state index < -0.39 is 12.1 Å². The molecule has 7 nitrogen and oxygen atoms in total. The van der Waals surface area contributed by atoms with E-state index in [4.69, 9.17) is 9.84 Å². The molecule has 0 radical (unpaired) electrons. The first-order valence-electron chi connectivity index (χ1n) is 11.6. The number of benzene rings is 2. The lowest BCUT2D eigenvalue weighted by Crippen LogP contribution is -2.52. The first kappa shape index (κ1) is 21.5. The molecule has 0 aromatic heterocycles. The van der Waals surface area contributed by atoms with Gasteiger partial charge >= 0.3 is 12.1 Å². The van der Waals surface area contributed by atoms with Crippen molar-refractivity contribution in [1.29, 1.82) is 0 Å². The second-order valence-corrected chi connectivity index (χ2v) is 9.38. The Morgan fingerprint density at radius 3 is 2.18 bits per heavy atom. The minimum Gasteiger partial charge on any atom is -0.481 e. The number of carbonyl (C=O) groups excluding carboxylic acids is 2. The highest BCUT2D eigenvalue weighted by Crippen LogP contribution is 2.44. The number of carboxylic acids is 1. The molecule has 2 aromatic rings. The highest BCUT2D eigenvalue weighted by Gasteiger charge is 2.38. The van der Waals surface area contributed by atoms with Gasteiger partial charge in [-0.15, -0.1) is 0 Å². The summed E-state index contributed by atoms with van der Waals surface area (Å²) >= 11 is 0. The number of fused-ring (bicyclic) bond motifs is 3. The second-order valence-electron chi connectivity index (χ2n) is 9.38. The number of aliphatic carboxylic acids is 1. The molecule has 7 heteroatoms. The number of likely N-dealkylation sites (tertiary alicyclic amines) is 1. The smallest absolute Gasteiger partial charge is 0.407 e. The van der Waals surface area contributed by atoms with Gasteiger partial charge in [-0.05, 0) is 41.0 Å². The predicted molar refractivity (Wildman–Crippen MR) is 122 cm³/mol. The molecule has 1 unspecified atom stereocenters. The standard InChI is InChI=1S/C26H28N2O5/c29-24(28-13-16(14-28)11-25(30)31)12-23(17-9-10-17)27-26(32)33-15-22-20-7-3-1-5-18(20)19-6-2-4-8-21(19)22/h1-8,16-17,22-23H,9-15H2,(H,27,32)(H,30,31). The van der Waals surface area contributed by atoms with E-state index in [-0.39, 0.29) is 43.2 Å². The first-order valence-corrected chi connectivity index (χ1v) is 11.6. The van der Waals surface area contributed by atoms with Gasteiger partial charge in [-0.1, -0.05) is 48.5 Å². The van der Waals surface area contributed by atoms with Gasteiger partial charge in [0.15, 0.2) is 0 Å². The molecule has 0 bridgehead atoms. The summed E-state index contributed by atoms with van der Waals surface area (Å²) in [4.78, 5) is 37.7. The van der Waals surface area contributed by atoms with E-state index in [2.05, 4.69) is 29.6 Å². The zero-order chi connectivity index (χ0) is 22.9. The maximum absolute atomic E-state index is 12.7. The number of hydrogen-bond acceptors (Lipinski definition) is 4. The minimum absolute atomic E-state index is 0.00332. The van der Waals surface area contributed by atoms with Gasteiger partial charge in [0.05, 0.1) is 6.42 Å². The summed E-state index contributed by atoms with van der Waals surface area (Å²) in [6.07, 6.45) is 1.81. The second kappa shape index (κ2) is 8.89. The number of hydrogen-bond donors (Lipinski definition) is 2. The third-order valence-electron chi connectivity index (χ3n) is 7.01. The van der Waals surface area contributed by atoms with Gasteiger partial charge in [0.1, 0.15) is 6.61 Å². The Kier molecular flexibility index (Phi) is 5.79. The van der Waals surface area contributed by atoms with Crippen LogP contribution in [0.4, 0.5) is 4.79 Å². The van der Waals surface area contributed by atoms with Crippen LogP contribution in [0.2, 0.25) is 0 Å². The third kappa shape index (κ3) is 4.58. The molecular weight excluding hydrogens is 420 g/mol. The van der Waals surface area contributed by atoms with Crippen molar-refractivity contribution in [3.05, 3.63) is 59.7 Å². The average Bonchev–Trinajstić information content (AvgIpc) is 3.57. The lowest BCUT2D eigenvalue weighted by atomic mass is 9.95. The molecule has 2 N–H and O–H groups in total. The highest BCUT2D eigenvalue weighted by molar-refractivity contribution is 5.80. The molecular formula is C26H28N2O5. The Balaban J connectivity index is 1.16. The van der Waals surface area contributed by atoms with Crippen molar-refractivity contribution in [3.8, 4) is 11.1 Å². The predicted octanol–water partition coefficient (Wildman–Crippen LogP) is 3.63. The molecule has 1 saturated carbocycles. The largest absolute Gasteiger partial charge is 0.481 e. The summed E-state index contributed by atoms with van der Waals surface area (Å²) in [5.74, 6) is -0.546. The van der Waals surface area contributed by atoms with E-state index in [0.29, 0.717) is 19.0 Å². The molecule has 33 heavy (non-hydrogen) atoms. The Morgan fingerprint density at radius 1 is 1.00 bits per heavy atom. The van der Waals surface area contributed by atoms with E-state index in [1.54, 1.807) is 4.90 Å². The Hall–Kier alpha value is -3.35. The average molecular weight is 449 g/mol. The van der Waals surface area contributed by atoms with Crippen LogP contribution in [-0.2, 0) is 14.3 Å². The zero-order valence-corrected chi connectivity index (χ0v) is 18.4. The molecule has 2 aromatic carbocycles. The van der Waals surface area contributed by atoms with Crippen molar-refractivity contribution < 1.29 is 24.2 Å². The zero-order valence-electron chi connectivity index (χ0n) is 18.4. The van der Waals surface area contributed by atoms with Gasteiger partial charge in [-0.3, -0.25) is 9.59 Å². The van der Waals surface area contributed by atoms with Crippen LogP contribution in [0.15, 0.2) is 48.5 Å². The van der Waals surface area contributed by atoms with Crippen LogP contribution in [0.25, 0.3) is 11.1 Å². The van der Waals surface area contributed by atoms with Crippen molar-refractivity contribution in [1.82, 2.24) is 10.2 Å². The Labute approximate surface area is 192 Å². The monoisotopic (exact) mass is 448 g/mol. The van der Waals surface area contributed by atoms with Crippen LogP contribution in [0.3, 0.4) is 0 Å². The van der Waals surface area contributed by atoms with Crippen molar-refractivity contribution in [2.45, 2.75) is 37.6 Å². The van der Waals surface area contributed by atoms with Gasteiger partial charge in [0.25, 0.3) is 0 Å². The van der Waals surface area contributed by atoms with Gasteiger partial charge in [0.2, 0.25) is 5.91 Å². The van der Waals surface area contributed by atoms with Gasteiger partial charge in [-0.25, -0.2) is 4.79 Å². The summed E-state index contributed by atoms with van der Waals surface area (Å²) in [6.45, 7) is 1.20. The van der Waals surface area contributed by atoms with Crippen molar-refractivity contribution in [3.63, 3.8) is 0 Å². The van der Waals surface area contributed by atoms with E-state index in [0.717, 1.165) is 24.0 Å². The third-order valence-corrected chi connectivity index (χ3v) is 7.01. The number of rotatable bonds is 8.